The standard InChI is InChI=1S/CH2O2S.2Li/c2-1(3)4;;/h(H2,2,3,4);;/q;2*+1/p-2. The second-order valence-corrected chi connectivity index (χ2v) is 0.583. The molecule has 2 nitrogen and oxygen atoms in total. The third-order valence-corrected chi connectivity index (χ3v) is 0. The summed E-state index contributed by atoms with van der Waals surface area (Å²) in [6.45, 7) is 0. The van der Waals surface area contributed by atoms with Gasteiger partial charge in [-0.15, -0.1) is 17.5 Å². The van der Waals surface area contributed by atoms with E-state index in [1.165, 1.54) is 0 Å². The van der Waals surface area contributed by atoms with E-state index in [-0.39, 0.29) is 37.7 Å². The molecule has 0 aliphatic heterocycles. The molecule has 5 heteroatoms. The van der Waals surface area contributed by atoms with Crippen LogP contribution >= 0.6 is 12.2 Å². The van der Waals surface area contributed by atoms with E-state index in [1.54, 1.807) is 0 Å². The van der Waals surface area contributed by atoms with Crippen LogP contribution in [0.5, 0.6) is 0 Å². The molecule has 0 aromatic carbocycles. The van der Waals surface area contributed by atoms with Crippen LogP contribution in [0.2, 0.25) is 0 Å². The molecule has 0 spiro atoms. The Labute approximate surface area is 65.3 Å². The number of hydrogen-bond acceptors (Lipinski definition) is 3. The SMILES string of the molecule is [Li+].[Li+].[O-]C([O-])=S. The monoisotopic (exact) mass is 90.0 g/mol. The van der Waals surface area contributed by atoms with Crippen molar-refractivity contribution in [3.8, 4) is 0 Å². The van der Waals surface area contributed by atoms with Crippen molar-refractivity contribution in [3.05, 3.63) is 0 Å². The van der Waals surface area contributed by atoms with Gasteiger partial charge in [-0.3, -0.25) is 0 Å². The molecule has 0 aliphatic carbocycles. The quantitative estimate of drug-likeness (QED) is 0.219. The van der Waals surface area contributed by atoms with E-state index < -0.39 is 5.24 Å². The molecule has 0 bridgehead atoms. The van der Waals surface area contributed by atoms with Crippen LogP contribution in [-0.4, -0.2) is 5.24 Å². The summed E-state index contributed by atoms with van der Waals surface area (Å²) in [5, 5.41) is 15.9. The van der Waals surface area contributed by atoms with Gasteiger partial charge in [-0.2, -0.15) is 0 Å². The van der Waals surface area contributed by atoms with Crippen LogP contribution in [0, 0.1) is 0 Å². The van der Waals surface area contributed by atoms with E-state index in [1.807, 2.05) is 0 Å². The van der Waals surface area contributed by atoms with Crippen LogP contribution in [0.25, 0.3) is 0 Å². The maximum atomic E-state index is 8.70. The van der Waals surface area contributed by atoms with Gasteiger partial charge < -0.3 is 10.2 Å². The van der Waals surface area contributed by atoms with E-state index in [2.05, 4.69) is 12.2 Å². The predicted octanol–water partition coefficient (Wildman–Crippen LogP) is -8.00. The molecule has 0 atom stereocenters. The average molecular weight is 90.0 g/mol. The second-order valence-electron chi connectivity index (χ2n) is 0.250. The Hall–Kier alpha value is 0.885. The van der Waals surface area contributed by atoms with Gasteiger partial charge >= 0.3 is 37.7 Å². The van der Waals surface area contributed by atoms with E-state index >= 15 is 0 Å². The summed E-state index contributed by atoms with van der Waals surface area (Å²) in [5.74, 6) is 0. The van der Waals surface area contributed by atoms with Crippen molar-refractivity contribution in [2.75, 3.05) is 0 Å². The van der Waals surface area contributed by atoms with Crippen LogP contribution in [0.3, 0.4) is 0 Å². The zero-order chi connectivity index (χ0) is 3.58. The molecule has 0 saturated heterocycles. The number of thiocarbonyl (C=S) groups is 1. The van der Waals surface area contributed by atoms with E-state index in [9.17, 15) is 0 Å². The molecule has 0 aromatic heterocycles. The van der Waals surface area contributed by atoms with Gasteiger partial charge in [0, 0.05) is 0 Å². The molecule has 0 unspecified atom stereocenters. The molecule has 0 fully saturated rings. The van der Waals surface area contributed by atoms with Gasteiger partial charge in [0.25, 0.3) is 0 Å². The first-order chi connectivity index (χ1) is 1.73. The van der Waals surface area contributed by atoms with E-state index in [0.717, 1.165) is 0 Å². The van der Waals surface area contributed by atoms with Crippen molar-refractivity contribution in [1.82, 2.24) is 0 Å². The molecule has 0 saturated carbocycles. The van der Waals surface area contributed by atoms with Crippen LogP contribution in [0.15, 0.2) is 0 Å². The third-order valence-electron chi connectivity index (χ3n) is 0. The van der Waals surface area contributed by atoms with Crippen molar-refractivity contribution in [1.29, 1.82) is 0 Å². The summed E-state index contributed by atoms with van der Waals surface area (Å²) in [5.41, 5.74) is 0. The van der Waals surface area contributed by atoms with Crippen molar-refractivity contribution < 1.29 is 47.9 Å². The maximum Gasteiger partial charge on any atom is 1.00 e. The Kier molecular flexibility index (Phi) is 24.5. The Balaban J connectivity index is -0.0000000450. The van der Waals surface area contributed by atoms with Crippen LogP contribution < -0.4 is 47.9 Å². The topological polar surface area (TPSA) is 46.1 Å². The summed E-state index contributed by atoms with van der Waals surface area (Å²) in [6.07, 6.45) is 0. The second kappa shape index (κ2) is 9.30. The van der Waals surface area contributed by atoms with E-state index in [4.69, 9.17) is 10.2 Å². The minimum absolute atomic E-state index is 0. The van der Waals surface area contributed by atoms with Crippen molar-refractivity contribution >= 4 is 17.5 Å². The van der Waals surface area contributed by atoms with Gasteiger partial charge in [-0.05, 0) is 0 Å². The molecule has 0 amide bonds. The smallest absolute Gasteiger partial charge is 0.876 e. The molecular formula is CLi2O2S. The largest absolute Gasteiger partial charge is 1.00 e. The molecule has 6 heavy (non-hydrogen) atoms. The van der Waals surface area contributed by atoms with Crippen LogP contribution in [0.1, 0.15) is 0 Å². The van der Waals surface area contributed by atoms with Gasteiger partial charge in [0.2, 0.25) is 0 Å². The zero-order valence-electron chi connectivity index (χ0n) is 3.72. The van der Waals surface area contributed by atoms with E-state index in [0.29, 0.717) is 0 Å². The normalized spacial score (nSPS) is 4.00. The maximum absolute atomic E-state index is 8.70. The number of hydrogen-bond donors (Lipinski definition) is 0. The average Bonchev–Trinajstić information content (AvgIpc) is 0.811. The van der Waals surface area contributed by atoms with Gasteiger partial charge in [-0.1, -0.05) is 0 Å². The fourth-order valence-electron chi connectivity index (χ4n) is 0. The Morgan fingerprint density at radius 2 is 1.17 bits per heavy atom. The van der Waals surface area contributed by atoms with Gasteiger partial charge in [0.15, 0.2) is 0 Å². The molecule has 24 valence electrons. The predicted molar refractivity (Wildman–Crippen MR) is 12.6 cm³/mol. The first-order valence-electron chi connectivity index (χ1n) is 0.612. The van der Waals surface area contributed by atoms with Crippen LogP contribution in [-0.2, 0) is 0 Å². The van der Waals surface area contributed by atoms with Gasteiger partial charge in [0.1, 0.15) is 0 Å². The third kappa shape index (κ3) is 94.2. The van der Waals surface area contributed by atoms with Crippen LogP contribution in [0.4, 0.5) is 0 Å². The molecule has 0 heterocycles. The fraction of sp³-hybridized carbons (Fsp3) is 0. The zero-order valence-corrected chi connectivity index (χ0v) is 4.54. The fourth-order valence-corrected chi connectivity index (χ4v) is 0. The molecule has 0 aliphatic rings. The molecule has 0 N–H and O–H groups in total. The first-order valence-corrected chi connectivity index (χ1v) is 1.02. The Bertz CT molecular complexity index is 34.5. The summed E-state index contributed by atoms with van der Waals surface area (Å²) >= 11 is 3.43. The van der Waals surface area contributed by atoms with Crippen molar-refractivity contribution in [2.45, 2.75) is 0 Å². The van der Waals surface area contributed by atoms with Crippen molar-refractivity contribution in [3.63, 3.8) is 0 Å². The minimum atomic E-state index is -1.50. The Morgan fingerprint density at radius 1 is 1.17 bits per heavy atom. The summed E-state index contributed by atoms with van der Waals surface area (Å²) in [4.78, 5) is 0. The molecular weight excluding hydrogens is 90.0 g/mol. The summed E-state index contributed by atoms with van der Waals surface area (Å²) < 4.78 is 0. The molecule has 0 aromatic rings. The first kappa shape index (κ1) is 15.8. The minimum Gasteiger partial charge on any atom is -0.876 e. The Morgan fingerprint density at radius 3 is 1.17 bits per heavy atom. The summed E-state index contributed by atoms with van der Waals surface area (Å²) in [7, 11) is 0. The molecule has 0 radical (unpaired) electrons. The van der Waals surface area contributed by atoms with Gasteiger partial charge in [-0.25, -0.2) is 0 Å². The van der Waals surface area contributed by atoms with Crippen molar-refractivity contribution in [2.24, 2.45) is 0 Å². The molecule has 0 rings (SSSR count). The number of rotatable bonds is 0. The summed E-state index contributed by atoms with van der Waals surface area (Å²) in [6, 6.07) is 0. The van der Waals surface area contributed by atoms with Gasteiger partial charge in [0.05, 0.1) is 0 Å².